The highest BCUT2D eigenvalue weighted by Gasteiger charge is 2.21. The summed E-state index contributed by atoms with van der Waals surface area (Å²) in [5.74, 6) is 2.01. The number of ether oxygens (including phenoxy) is 2. The SMILES string of the molecule is COc1ccc(-c2cc(N)n[nH]2)cc1OC1CCC1. The van der Waals surface area contributed by atoms with Crippen LogP contribution in [0.1, 0.15) is 19.3 Å². The molecule has 0 spiro atoms. The number of nitrogens with zero attached hydrogens (tertiary/aromatic N) is 1. The van der Waals surface area contributed by atoms with Crippen LogP contribution in [-0.4, -0.2) is 23.4 Å². The molecule has 5 nitrogen and oxygen atoms in total. The number of rotatable bonds is 4. The molecule has 2 aromatic rings. The minimum absolute atomic E-state index is 0.316. The first-order valence-electron chi connectivity index (χ1n) is 6.42. The molecule has 0 radical (unpaired) electrons. The van der Waals surface area contributed by atoms with Gasteiger partial charge in [0.25, 0.3) is 0 Å². The first-order chi connectivity index (χ1) is 9.26. The third kappa shape index (κ3) is 2.36. The lowest BCUT2D eigenvalue weighted by atomic mass is 9.96. The summed E-state index contributed by atoms with van der Waals surface area (Å²) in [7, 11) is 1.65. The van der Waals surface area contributed by atoms with Gasteiger partial charge in [0.15, 0.2) is 11.5 Å². The molecule has 3 rings (SSSR count). The number of nitrogens with one attached hydrogen (secondary N) is 1. The number of aromatic amines is 1. The van der Waals surface area contributed by atoms with Crippen molar-refractivity contribution < 1.29 is 9.47 Å². The van der Waals surface area contributed by atoms with E-state index >= 15 is 0 Å². The Morgan fingerprint density at radius 2 is 2.11 bits per heavy atom. The molecule has 1 aliphatic rings. The van der Waals surface area contributed by atoms with E-state index in [1.807, 2.05) is 18.2 Å². The van der Waals surface area contributed by atoms with Crippen molar-refractivity contribution in [3.8, 4) is 22.8 Å². The van der Waals surface area contributed by atoms with Gasteiger partial charge in [-0.3, -0.25) is 5.10 Å². The highest BCUT2D eigenvalue weighted by molar-refractivity contribution is 5.65. The van der Waals surface area contributed by atoms with Crippen molar-refractivity contribution >= 4 is 5.82 Å². The highest BCUT2D eigenvalue weighted by Crippen LogP contribution is 2.35. The Kier molecular flexibility index (Phi) is 3.03. The zero-order valence-corrected chi connectivity index (χ0v) is 10.8. The van der Waals surface area contributed by atoms with Gasteiger partial charge in [-0.2, -0.15) is 5.10 Å². The van der Waals surface area contributed by atoms with Crippen molar-refractivity contribution in [3.63, 3.8) is 0 Å². The van der Waals surface area contributed by atoms with Crippen LogP contribution in [0.2, 0.25) is 0 Å². The van der Waals surface area contributed by atoms with Crippen LogP contribution in [0, 0.1) is 0 Å². The van der Waals surface area contributed by atoms with Gasteiger partial charge < -0.3 is 15.2 Å². The van der Waals surface area contributed by atoms with Crippen LogP contribution in [0.3, 0.4) is 0 Å². The molecule has 5 heteroatoms. The number of H-pyrrole nitrogens is 1. The Bertz CT molecular complexity index is 576. The van der Waals surface area contributed by atoms with E-state index in [0.717, 1.165) is 35.6 Å². The Hall–Kier alpha value is -2.17. The average Bonchev–Trinajstić information content (AvgIpc) is 2.80. The van der Waals surface area contributed by atoms with Gasteiger partial charge in [-0.05, 0) is 37.5 Å². The van der Waals surface area contributed by atoms with E-state index in [4.69, 9.17) is 15.2 Å². The summed E-state index contributed by atoms with van der Waals surface area (Å²) >= 11 is 0. The third-order valence-corrected chi connectivity index (χ3v) is 3.42. The zero-order chi connectivity index (χ0) is 13.2. The molecule has 3 N–H and O–H groups in total. The molecule has 1 heterocycles. The standard InChI is InChI=1S/C14H17N3O2/c1-18-12-6-5-9(11-8-14(15)17-16-11)7-13(12)19-10-3-2-4-10/h5-8,10H,2-4H2,1H3,(H3,15,16,17). The molecule has 1 saturated carbocycles. The number of anilines is 1. The predicted octanol–water partition coefficient (Wildman–Crippen LogP) is 2.60. The van der Waals surface area contributed by atoms with E-state index < -0.39 is 0 Å². The number of aromatic nitrogens is 2. The van der Waals surface area contributed by atoms with E-state index in [1.165, 1.54) is 6.42 Å². The molecular weight excluding hydrogens is 242 g/mol. The lowest BCUT2D eigenvalue weighted by Gasteiger charge is -2.27. The van der Waals surface area contributed by atoms with Gasteiger partial charge in [-0.25, -0.2) is 0 Å². The van der Waals surface area contributed by atoms with Crippen LogP contribution in [0.4, 0.5) is 5.82 Å². The van der Waals surface area contributed by atoms with Gasteiger partial charge in [-0.1, -0.05) is 0 Å². The first-order valence-corrected chi connectivity index (χ1v) is 6.42. The van der Waals surface area contributed by atoms with Crippen molar-refractivity contribution in [3.05, 3.63) is 24.3 Å². The van der Waals surface area contributed by atoms with Crippen LogP contribution >= 0.6 is 0 Å². The summed E-state index contributed by atoms with van der Waals surface area (Å²) in [5.41, 5.74) is 7.48. The molecule has 1 fully saturated rings. The van der Waals surface area contributed by atoms with Gasteiger partial charge in [0.05, 0.1) is 18.9 Å². The zero-order valence-electron chi connectivity index (χ0n) is 10.8. The van der Waals surface area contributed by atoms with E-state index in [1.54, 1.807) is 13.2 Å². The monoisotopic (exact) mass is 259 g/mol. The van der Waals surface area contributed by atoms with Crippen LogP contribution in [-0.2, 0) is 0 Å². The molecule has 0 amide bonds. The second kappa shape index (κ2) is 4.84. The number of hydrogen-bond donors (Lipinski definition) is 2. The Morgan fingerprint density at radius 1 is 1.26 bits per heavy atom. The van der Waals surface area contributed by atoms with Crippen molar-refractivity contribution in [1.82, 2.24) is 10.2 Å². The molecule has 1 aliphatic carbocycles. The summed E-state index contributed by atoms with van der Waals surface area (Å²) < 4.78 is 11.3. The van der Waals surface area contributed by atoms with Crippen molar-refractivity contribution in [2.75, 3.05) is 12.8 Å². The molecular formula is C14H17N3O2. The molecule has 1 aromatic carbocycles. The smallest absolute Gasteiger partial charge is 0.162 e. The maximum atomic E-state index is 5.95. The summed E-state index contributed by atoms with van der Waals surface area (Å²) in [6.45, 7) is 0. The molecule has 0 atom stereocenters. The van der Waals surface area contributed by atoms with Gasteiger partial charge in [-0.15, -0.1) is 0 Å². The highest BCUT2D eigenvalue weighted by atomic mass is 16.5. The number of nitrogens with two attached hydrogens (primary N) is 1. The van der Waals surface area contributed by atoms with Crippen LogP contribution in [0.15, 0.2) is 24.3 Å². The number of nitrogen functional groups attached to an aromatic ring is 1. The lowest BCUT2D eigenvalue weighted by molar-refractivity contribution is 0.116. The van der Waals surface area contributed by atoms with Gasteiger partial charge >= 0.3 is 0 Å². The predicted molar refractivity (Wildman–Crippen MR) is 73.3 cm³/mol. The fraction of sp³-hybridized carbons (Fsp3) is 0.357. The van der Waals surface area contributed by atoms with Gasteiger partial charge in [0.2, 0.25) is 0 Å². The van der Waals surface area contributed by atoms with Crippen molar-refractivity contribution in [1.29, 1.82) is 0 Å². The second-order valence-corrected chi connectivity index (χ2v) is 4.74. The summed E-state index contributed by atoms with van der Waals surface area (Å²) in [6.07, 6.45) is 3.79. The van der Waals surface area contributed by atoms with Crippen molar-refractivity contribution in [2.45, 2.75) is 25.4 Å². The Morgan fingerprint density at radius 3 is 2.68 bits per heavy atom. The van der Waals surface area contributed by atoms with E-state index in [2.05, 4.69) is 10.2 Å². The fourth-order valence-corrected chi connectivity index (χ4v) is 2.09. The largest absolute Gasteiger partial charge is 0.493 e. The topological polar surface area (TPSA) is 73.2 Å². The summed E-state index contributed by atoms with van der Waals surface area (Å²) in [4.78, 5) is 0. The molecule has 0 unspecified atom stereocenters. The average molecular weight is 259 g/mol. The van der Waals surface area contributed by atoms with E-state index in [-0.39, 0.29) is 0 Å². The number of hydrogen-bond acceptors (Lipinski definition) is 4. The summed E-state index contributed by atoms with van der Waals surface area (Å²) in [6, 6.07) is 7.62. The quantitative estimate of drug-likeness (QED) is 0.885. The Labute approximate surface area is 111 Å². The number of benzene rings is 1. The van der Waals surface area contributed by atoms with E-state index in [9.17, 15) is 0 Å². The molecule has 19 heavy (non-hydrogen) atoms. The molecule has 100 valence electrons. The third-order valence-electron chi connectivity index (χ3n) is 3.42. The molecule has 1 aromatic heterocycles. The second-order valence-electron chi connectivity index (χ2n) is 4.74. The summed E-state index contributed by atoms with van der Waals surface area (Å²) in [5, 5.41) is 6.83. The van der Waals surface area contributed by atoms with Gasteiger partial charge in [0.1, 0.15) is 5.82 Å². The maximum absolute atomic E-state index is 5.95. The first kappa shape index (κ1) is 11.9. The van der Waals surface area contributed by atoms with Crippen LogP contribution < -0.4 is 15.2 Å². The maximum Gasteiger partial charge on any atom is 0.162 e. The lowest BCUT2D eigenvalue weighted by Crippen LogP contribution is -2.24. The minimum Gasteiger partial charge on any atom is -0.493 e. The van der Waals surface area contributed by atoms with Crippen LogP contribution in [0.25, 0.3) is 11.3 Å². The number of methoxy groups -OCH3 is 1. The molecule has 0 saturated heterocycles. The normalized spacial score (nSPS) is 15.0. The van der Waals surface area contributed by atoms with E-state index in [0.29, 0.717) is 11.9 Å². The fourth-order valence-electron chi connectivity index (χ4n) is 2.09. The Balaban J connectivity index is 1.91. The van der Waals surface area contributed by atoms with Crippen LogP contribution in [0.5, 0.6) is 11.5 Å². The van der Waals surface area contributed by atoms with Crippen molar-refractivity contribution in [2.24, 2.45) is 0 Å². The molecule has 0 bridgehead atoms. The minimum atomic E-state index is 0.316. The van der Waals surface area contributed by atoms with Gasteiger partial charge in [0, 0.05) is 11.6 Å². The molecule has 0 aliphatic heterocycles.